The minimum absolute atomic E-state index is 0.172. The molecule has 0 radical (unpaired) electrons. The first-order valence-corrected chi connectivity index (χ1v) is 7.99. The molecule has 1 aromatic carbocycles. The van der Waals surface area contributed by atoms with Crippen LogP contribution in [-0.2, 0) is 11.2 Å². The van der Waals surface area contributed by atoms with E-state index in [1.165, 1.54) is 19.3 Å². The number of methoxy groups -OCH3 is 1. The topological polar surface area (TPSA) is 42.7 Å². The summed E-state index contributed by atoms with van der Waals surface area (Å²) in [5, 5.41) is 0.992. The molecule has 1 aliphatic rings. The number of carbonyl (C=O) groups is 1. The van der Waals surface area contributed by atoms with Crippen molar-refractivity contribution in [1.82, 2.24) is 4.90 Å². The molecule has 0 unspecified atom stereocenters. The summed E-state index contributed by atoms with van der Waals surface area (Å²) in [5.74, 6) is 0.935. The minimum Gasteiger partial charge on any atom is -0.497 e. The quantitative estimate of drug-likeness (QED) is 0.863. The molecule has 1 amide bonds. The van der Waals surface area contributed by atoms with Crippen LogP contribution in [-0.4, -0.2) is 31.0 Å². The summed E-state index contributed by atoms with van der Waals surface area (Å²) >= 11 is 0. The van der Waals surface area contributed by atoms with E-state index in [0.717, 1.165) is 35.1 Å². The number of likely N-dealkylation sites (N-methyl/N-ethyl adjacent to an activating group) is 1. The standard InChI is InChI=1S/C18H23NO3/c1-19(14-6-4-3-5-7-14)18(20)10-13-12-22-17-11-15(21-2)8-9-16(13)17/h8-9,11-12,14H,3-7,10H2,1-2H3. The van der Waals surface area contributed by atoms with Gasteiger partial charge in [0.15, 0.2) is 0 Å². The first-order valence-electron chi connectivity index (χ1n) is 7.99. The number of hydrogen-bond acceptors (Lipinski definition) is 3. The van der Waals surface area contributed by atoms with Crippen LogP contribution in [0.2, 0.25) is 0 Å². The molecule has 0 atom stereocenters. The van der Waals surface area contributed by atoms with Gasteiger partial charge in [-0.25, -0.2) is 0 Å². The van der Waals surface area contributed by atoms with Crippen molar-refractivity contribution < 1.29 is 13.9 Å². The van der Waals surface area contributed by atoms with Crippen LogP contribution in [0.3, 0.4) is 0 Å². The summed E-state index contributed by atoms with van der Waals surface area (Å²) in [5.41, 5.74) is 1.72. The molecule has 0 bridgehead atoms. The van der Waals surface area contributed by atoms with Gasteiger partial charge in [0.2, 0.25) is 5.91 Å². The van der Waals surface area contributed by atoms with Gasteiger partial charge in [0.05, 0.1) is 19.8 Å². The Morgan fingerprint density at radius 1 is 1.32 bits per heavy atom. The lowest BCUT2D eigenvalue weighted by Gasteiger charge is -2.31. The number of carbonyl (C=O) groups excluding carboxylic acids is 1. The van der Waals surface area contributed by atoms with E-state index in [4.69, 9.17) is 9.15 Å². The predicted octanol–water partition coefficient (Wildman–Crippen LogP) is 3.78. The molecule has 1 saturated carbocycles. The van der Waals surface area contributed by atoms with Crippen LogP contribution in [0, 0.1) is 0 Å². The van der Waals surface area contributed by atoms with Gasteiger partial charge >= 0.3 is 0 Å². The zero-order valence-corrected chi connectivity index (χ0v) is 13.3. The highest BCUT2D eigenvalue weighted by molar-refractivity contribution is 5.88. The summed E-state index contributed by atoms with van der Waals surface area (Å²) in [6.07, 6.45) is 8.11. The molecule has 0 spiro atoms. The molecule has 1 aromatic heterocycles. The van der Waals surface area contributed by atoms with Crippen molar-refractivity contribution in [2.24, 2.45) is 0 Å². The smallest absolute Gasteiger partial charge is 0.227 e. The highest BCUT2D eigenvalue weighted by atomic mass is 16.5. The van der Waals surface area contributed by atoms with Crippen LogP contribution in [0.5, 0.6) is 5.75 Å². The fourth-order valence-electron chi connectivity index (χ4n) is 3.29. The molecular weight excluding hydrogens is 278 g/mol. The SMILES string of the molecule is COc1ccc2c(CC(=O)N(C)C3CCCCC3)coc2c1. The van der Waals surface area contributed by atoms with Crippen molar-refractivity contribution >= 4 is 16.9 Å². The third-order valence-electron chi connectivity index (χ3n) is 4.72. The van der Waals surface area contributed by atoms with E-state index in [9.17, 15) is 4.79 Å². The number of hydrogen-bond donors (Lipinski definition) is 0. The minimum atomic E-state index is 0.172. The van der Waals surface area contributed by atoms with Crippen LogP contribution >= 0.6 is 0 Å². The average Bonchev–Trinajstić information content (AvgIpc) is 2.97. The van der Waals surface area contributed by atoms with E-state index in [1.54, 1.807) is 13.4 Å². The number of fused-ring (bicyclic) bond motifs is 1. The van der Waals surface area contributed by atoms with E-state index in [2.05, 4.69) is 0 Å². The second kappa shape index (κ2) is 6.42. The fraction of sp³-hybridized carbons (Fsp3) is 0.500. The van der Waals surface area contributed by atoms with Gasteiger partial charge in [-0.15, -0.1) is 0 Å². The van der Waals surface area contributed by atoms with E-state index in [0.29, 0.717) is 12.5 Å². The van der Waals surface area contributed by atoms with E-state index >= 15 is 0 Å². The predicted molar refractivity (Wildman–Crippen MR) is 86.1 cm³/mol. The number of nitrogens with zero attached hydrogens (tertiary/aromatic N) is 1. The summed E-state index contributed by atoms with van der Waals surface area (Å²) in [6.45, 7) is 0. The maximum absolute atomic E-state index is 12.5. The van der Waals surface area contributed by atoms with Gasteiger partial charge in [0.1, 0.15) is 11.3 Å². The van der Waals surface area contributed by atoms with Gasteiger partial charge in [-0.1, -0.05) is 19.3 Å². The van der Waals surface area contributed by atoms with Crippen molar-refractivity contribution in [2.75, 3.05) is 14.2 Å². The van der Waals surface area contributed by atoms with Gasteiger partial charge < -0.3 is 14.1 Å². The third kappa shape index (κ3) is 2.96. The Bertz CT molecular complexity index is 655. The maximum atomic E-state index is 12.5. The van der Waals surface area contributed by atoms with Crippen LogP contribution in [0.25, 0.3) is 11.0 Å². The van der Waals surface area contributed by atoms with Crippen LogP contribution in [0.4, 0.5) is 0 Å². The Labute approximate surface area is 131 Å². The molecule has 1 heterocycles. The van der Waals surface area contributed by atoms with Crippen molar-refractivity contribution in [1.29, 1.82) is 0 Å². The second-order valence-electron chi connectivity index (χ2n) is 6.10. The van der Waals surface area contributed by atoms with Crippen LogP contribution < -0.4 is 4.74 Å². The average molecular weight is 301 g/mol. The highest BCUT2D eigenvalue weighted by Gasteiger charge is 2.23. The Balaban J connectivity index is 1.73. The lowest BCUT2D eigenvalue weighted by Crippen LogP contribution is -2.39. The second-order valence-corrected chi connectivity index (χ2v) is 6.10. The molecule has 1 fully saturated rings. The normalized spacial score (nSPS) is 15.9. The Kier molecular flexibility index (Phi) is 4.36. The zero-order chi connectivity index (χ0) is 15.5. The lowest BCUT2D eigenvalue weighted by atomic mass is 9.94. The van der Waals surface area contributed by atoms with Gasteiger partial charge in [-0.05, 0) is 25.0 Å². The Morgan fingerprint density at radius 3 is 2.82 bits per heavy atom. The number of amides is 1. The lowest BCUT2D eigenvalue weighted by molar-refractivity contribution is -0.131. The Hall–Kier alpha value is -1.97. The molecule has 0 N–H and O–H groups in total. The number of benzene rings is 1. The van der Waals surface area contributed by atoms with E-state index in [-0.39, 0.29) is 5.91 Å². The molecule has 22 heavy (non-hydrogen) atoms. The molecule has 0 aliphatic heterocycles. The summed E-state index contributed by atoms with van der Waals surface area (Å²) in [4.78, 5) is 14.5. The molecule has 3 rings (SSSR count). The number of furan rings is 1. The Morgan fingerprint density at radius 2 is 2.09 bits per heavy atom. The first kappa shape index (κ1) is 14.9. The summed E-state index contributed by atoms with van der Waals surface area (Å²) < 4.78 is 10.8. The largest absolute Gasteiger partial charge is 0.497 e. The highest BCUT2D eigenvalue weighted by Crippen LogP contribution is 2.27. The van der Waals surface area contributed by atoms with Gasteiger partial charge in [0.25, 0.3) is 0 Å². The van der Waals surface area contributed by atoms with Crippen molar-refractivity contribution in [3.05, 3.63) is 30.0 Å². The summed E-state index contributed by atoms with van der Waals surface area (Å²) in [6, 6.07) is 6.12. The number of rotatable bonds is 4. The van der Waals surface area contributed by atoms with E-state index in [1.807, 2.05) is 30.1 Å². The van der Waals surface area contributed by atoms with Crippen molar-refractivity contribution in [3.8, 4) is 5.75 Å². The molecule has 4 nitrogen and oxygen atoms in total. The molecule has 118 valence electrons. The van der Waals surface area contributed by atoms with Gasteiger partial charge in [-0.2, -0.15) is 0 Å². The van der Waals surface area contributed by atoms with Crippen LogP contribution in [0.1, 0.15) is 37.7 Å². The number of ether oxygens (including phenoxy) is 1. The zero-order valence-electron chi connectivity index (χ0n) is 13.3. The summed E-state index contributed by atoms with van der Waals surface area (Å²) in [7, 11) is 3.57. The first-order chi connectivity index (χ1) is 10.7. The van der Waals surface area contributed by atoms with Crippen LogP contribution in [0.15, 0.2) is 28.9 Å². The molecule has 1 aliphatic carbocycles. The van der Waals surface area contributed by atoms with Gasteiger partial charge in [0, 0.05) is 30.1 Å². The monoisotopic (exact) mass is 301 g/mol. The van der Waals surface area contributed by atoms with Crippen molar-refractivity contribution in [3.63, 3.8) is 0 Å². The molecule has 2 aromatic rings. The molecule has 4 heteroatoms. The van der Waals surface area contributed by atoms with Gasteiger partial charge in [-0.3, -0.25) is 4.79 Å². The third-order valence-corrected chi connectivity index (χ3v) is 4.72. The fourth-order valence-corrected chi connectivity index (χ4v) is 3.29. The van der Waals surface area contributed by atoms with E-state index < -0.39 is 0 Å². The maximum Gasteiger partial charge on any atom is 0.227 e. The molecule has 0 saturated heterocycles. The molecular formula is C18H23NO3. The van der Waals surface area contributed by atoms with Crippen molar-refractivity contribution in [2.45, 2.75) is 44.6 Å².